The van der Waals surface area contributed by atoms with Crippen molar-refractivity contribution in [1.82, 2.24) is 34.2 Å². The Bertz CT molecular complexity index is 1590. The van der Waals surface area contributed by atoms with Crippen molar-refractivity contribution in [2.24, 2.45) is 7.05 Å². The molecule has 0 unspecified atom stereocenters. The number of aryl methyl sites for hydroxylation is 4. The minimum atomic E-state index is -0.365. The Labute approximate surface area is 200 Å². The zero-order valence-electron chi connectivity index (χ0n) is 19.1. The summed E-state index contributed by atoms with van der Waals surface area (Å²) in [5.74, 6) is 1.33. The predicted octanol–water partition coefficient (Wildman–Crippen LogP) is 3.98. The van der Waals surface area contributed by atoms with Crippen LogP contribution in [0.1, 0.15) is 44.7 Å². The van der Waals surface area contributed by atoms with Crippen LogP contribution in [0.3, 0.4) is 0 Å². The molecule has 0 bridgehead atoms. The Balaban J connectivity index is 1.62. The zero-order chi connectivity index (χ0) is 23.7. The monoisotopic (exact) mass is 472 g/mol. The zero-order valence-corrected chi connectivity index (χ0v) is 19.8. The van der Waals surface area contributed by atoms with Crippen LogP contribution < -0.4 is 4.90 Å². The lowest BCUT2D eigenvalue weighted by atomic mass is 9.99. The van der Waals surface area contributed by atoms with Crippen LogP contribution in [0.25, 0.3) is 11.5 Å². The minimum Gasteiger partial charge on any atom is -0.294 e. The molecule has 34 heavy (non-hydrogen) atoms. The van der Waals surface area contributed by atoms with Gasteiger partial charge in [0.1, 0.15) is 11.5 Å². The second-order valence-electron chi connectivity index (χ2n) is 8.52. The largest absolute Gasteiger partial charge is 0.294 e. The summed E-state index contributed by atoms with van der Waals surface area (Å²) in [7, 11) is 1.83. The number of benzene rings is 1. The summed E-state index contributed by atoms with van der Waals surface area (Å²) in [6.45, 7) is 5.80. The smallest absolute Gasteiger partial charge is 0.278 e. The van der Waals surface area contributed by atoms with Crippen molar-refractivity contribution in [3.63, 3.8) is 0 Å². The van der Waals surface area contributed by atoms with Crippen LogP contribution in [0.2, 0.25) is 5.02 Å². The lowest BCUT2D eigenvalue weighted by molar-refractivity contribution is 0.0986. The molecule has 0 radical (unpaired) electrons. The Kier molecular flexibility index (Phi) is 4.40. The highest BCUT2D eigenvalue weighted by Crippen LogP contribution is 2.44. The van der Waals surface area contributed by atoms with Crippen molar-refractivity contribution in [1.29, 1.82) is 0 Å². The maximum absolute atomic E-state index is 14.1. The standard InChI is InChI=1S/C24H21ClN8O/c1-13-11-18(12-31-15(3)27-28-23(13)31)32-21(16-5-7-17(25)8-6-16)20-14(2)29-33(22(20)24(32)34)19-9-10-26-30(19)4/h5-12,21H,1-4H3/t21-/m1/s1. The quantitative estimate of drug-likeness (QED) is 0.396. The van der Waals surface area contributed by atoms with Crippen molar-refractivity contribution < 1.29 is 4.79 Å². The molecule has 0 spiro atoms. The molecule has 0 saturated heterocycles. The van der Waals surface area contributed by atoms with Crippen molar-refractivity contribution in [3.05, 3.63) is 87.7 Å². The van der Waals surface area contributed by atoms with E-state index in [2.05, 4.69) is 15.3 Å². The third-order valence-electron chi connectivity index (χ3n) is 6.38. The SMILES string of the molecule is Cc1nn(-c2ccnn2C)c2c1[C@@H](c1ccc(Cl)cc1)N(c1cc(C)c3nnc(C)n3c1)C2=O. The topological polar surface area (TPSA) is 86.1 Å². The molecule has 10 heteroatoms. The molecular weight excluding hydrogens is 452 g/mol. The number of nitrogens with zero attached hydrogens (tertiary/aromatic N) is 8. The first kappa shape index (κ1) is 20.6. The van der Waals surface area contributed by atoms with Gasteiger partial charge in [0.25, 0.3) is 5.91 Å². The van der Waals surface area contributed by atoms with E-state index in [0.29, 0.717) is 10.7 Å². The molecule has 1 aliphatic rings. The second kappa shape index (κ2) is 7.26. The average Bonchev–Trinajstić information content (AvgIpc) is 3.55. The Morgan fingerprint density at radius 2 is 1.79 bits per heavy atom. The molecule has 1 atom stereocenters. The molecule has 1 aliphatic heterocycles. The summed E-state index contributed by atoms with van der Waals surface area (Å²) in [6, 6.07) is 11.1. The van der Waals surface area contributed by atoms with Gasteiger partial charge >= 0.3 is 0 Å². The molecule has 1 aromatic carbocycles. The van der Waals surface area contributed by atoms with E-state index >= 15 is 0 Å². The number of carbonyl (C=O) groups is 1. The van der Waals surface area contributed by atoms with E-state index in [-0.39, 0.29) is 11.9 Å². The van der Waals surface area contributed by atoms with Gasteiger partial charge < -0.3 is 0 Å². The Morgan fingerprint density at radius 3 is 2.50 bits per heavy atom. The average molecular weight is 473 g/mol. The van der Waals surface area contributed by atoms with Crippen molar-refractivity contribution >= 4 is 28.8 Å². The highest BCUT2D eigenvalue weighted by atomic mass is 35.5. The van der Waals surface area contributed by atoms with Crippen LogP contribution in [0.4, 0.5) is 5.69 Å². The maximum Gasteiger partial charge on any atom is 0.278 e. The molecular formula is C24H21ClN8O. The van der Waals surface area contributed by atoms with E-state index in [9.17, 15) is 4.79 Å². The van der Waals surface area contributed by atoms with Crippen LogP contribution in [-0.2, 0) is 7.05 Å². The van der Waals surface area contributed by atoms with Crippen LogP contribution in [0.15, 0.2) is 48.8 Å². The highest BCUT2D eigenvalue weighted by Gasteiger charge is 2.44. The van der Waals surface area contributed by atoms with Gasteiger partial charge in [0.15, 0.2) is 11.5 Å². The van der Waals surface area contributed by atoms with Gasteiger partial charge in [0.2, 0.25) is 0 Å². The second-order valence-corrected chi connectivity index (χ2v) is 8.96. The third-order valence-corrected chi connectivity index (χ3v) is 6.63. The number of hydrogen-bond donors (Lipinski definition) is 0. The lowest BCUT2D eigenvalue weighted by Crippen LogP contribution is -2.30. The van der Waals surface area contributed by atoms with E-state index in [1.54, 1.807) is 15.6 Å². The number of rotatable bonds is 3. The fourth-order valence-electron chi connectivity index (χ4n) is 4.78. The summed E-state index contributed by atoms with van der Waals surface area (Å²) < 4.78 is 5.31. The molecule has 4 aromatic heterocycles. The summed E-state index contributed by atoms with van der Waals surface area (Å²) in [4.78, 5) is 15.9. The molecule has 1 amide bonds. The van der Waals surface area contributed by atoms with Gasteiger partial charge in [-0.15, -0.1) is 10.2 Å². The molecule has 0 N–H and O–H groups in total. The first-order valence-electron chi connectivity index (χ1n) is 10.8. The van der Waals surface area contributed by atoms with Gasteiger partial charge in [-0.05, 0) is 50.1 Å². The molecule has 0 aliphatic carbocycles. The first-order valence-corrected chi connectivity index (χ1v) is 11.2. The van der Waals surface area contributed by atoms with Gasteiger partial charge in [-0.2, -0.15) is 10.2 Å². The van der Waals surface area contributed by atoms with E-state index < -0.39 is 0 Å². The number of halogens is 1. The number of amides is 1. The van der Waals surface area contributed by atoms with Crippen LogP contribution in [0, 0.1) is 20.8 Å². The van der Waals surface area contributed by atoms with Gasteiger partial charge in [-0.3, -0.25) is 18.8 Å². The molecule has 5 aromatic rings. The van der Waals surface area contributed by atoms with E-state index in [1.165, 1.54) is 0 Å². The molecule has 170 valence electrons. The molecule has 5 heterocycles. The molecule has 0 saturated carbocycles. The molecule has 0 fully saturated rings. The van der Waals surface area contributed by atoms with Gasteiger partial charge in [0, 0.05) is 29.9 Å². The van der Waals surface area contributed by atoms with Gasteiger partial charge in [0.05, 0.1) is 23.6 Å². The number of carbonyl (C=O) groups excluding carboxylic acids is 1. The van der Waals surface area contributed by atoms with E-state index in [4.69, 9.17) is 16.7 Å². The number of hydrogen-bond acceptors (Lipinski definition) is 5. The van der Waals surface area contributed by atoms with Crippen LogP contribution in [-0.4, -0.2) is 40.1 Å². The normalized spacial score (nSPS) is 15.5. The Morgan fingerprint density at radius 1 is 1.03 bits per heavy atom. The fourth-order valence-corrected chi connectivity index (χ4v) is 4.91. The summed E-state index contributed by atoms with van der Waals surface area (Å²) >= 11 is 6.19. The summed E-state index contributed by atoms with van der Waals surface area (Å²) in [6.07, 6.45) is 3.61. The fraction of sp³-hybridized carbons (Fsp3) is 0.208. The number of pyridine rings is 1. The van der Waals surface area contributed by atoms with Crippen molar-refractivity contribution in [2.45, 2.75) is 26.8 Å². The van der Waals surface area contributed by atoms with Crippen LogP contribution >= 0.6 is 11.6 Å². The number of anilines is 1. The van der Waals surface area contributed by atoms with E-state index in [1.807, 2.05) is 79.7 Å². The summed E-state index contributed by atoms with van der Waals surface area (Å²) in [5.41, 5.74) is 5.58. The molecule has 9 nitrogen and oxygen atoms in total. The first-order chi connectivity index (χ1) is 16.3. The van der Waals surface area contributed by atoms with Crippen molar-refractivity contribution in [3.8, 4) is 5.82 Å². The maximum atomic E-state index is 14.1. The molecule has 6 rings (SSSR count). The number of fused-ring (bicyclic) bond motifs is 2. The third kappa shape index (κ3) is 2.83. The minimum absolute atomic E-state index is 0.138. The van der Waals surface area contributed by atoms with Gasteiger partial charge in [-0.1, -0.05) is 23.7 Å². The number of aromatic nitrogens is 7. The summed E-state index contributed by atoms with van der Waals surface area (Å²) in [5, 5.41) is 18.1. The highest BCUT2D eigenvalue weighted by molar-refractivity contribution is 6.30. The van der Waals surface area contributed by atoms with Gasteiger partial charge in [-0.25, -0.2) is 4.68 Å². The Hall–Kier alpha value is -3.98. The van der Waals surface area contributed by atoms with Crippen LogP contribution in [0.5, 0.6) is 0 Å². The lowest BCUT2D eigenvalue weighted by Gasteiger charge is -2.27. The van der Waals surface area contributed by atoms with E-state index in [0.717, 1.165) is 45.4 Å². The predicted molar refractivity (Wildman–Crippen MR) is 128 cm³/mol. The van der Waals surface area contributed by atoms with Crippen molar-refractivity contribution in [2.75, 3.05) is 4.90 Å².